The van der Waals surface area contributed by atoms with E-state index >= 15 is 0 Å². The summed E-state index contributed by atoms with van der Waals surface area (Å²) in [7, 11) is 0. The van der Waals surface area contributed by atoms with Gasteiger partial charge in [0.05, 0.1) is 10.3 Å². The van der Waals surface area contributed by atoms with Crippen LogP contribution in [-0.4, -0.2) is 22.5 Å². The van der Waals surface area contributed by atoms with Crippen molar-refractivity contribution in [3.8, 4) is 0 Å². The van der Waals surface area contributed by atoms with Gasteiger partial charge in [-0.05, 0) is 31.9 Å². The molecular weight excluding hydrogens is 236 g/mol. The van der Waals surface area contributed by atoms with Crippen LogP contribution in [0, 0.1) is 10.1 Å². The van der Waals surface area contributed by atoms with Crippen molar-refractivity contribution in [1.29, 1.82) is 0 Å². The van der Waals surface area contributed by atoms with E-state index in [4.69, 9.17) is 5.73 Å². The molecule has 0 aromatic heterocycles. The van der Waals surface area contributed by atoms with Crippen molar-refractivity contribution in [1.82, 2.24) is 0 Å². The molecule has 0 amide bonds. The van der Waals surface area contributed by atoms with Gasteiger partial charge in [0.25, 0.3) is 5.69 Å². The first-order valence-electron chi connectivity index (χ1n) is 5.60. The third kappa shape index (κ3) is 2.84. The van der Waals surface area contributed by atoms with Gasteiger partial charge in [-0.15, -0.1) is 0 Å². The smallest absolute Gasteiger partial charge is 0.313 e. The minimum atomic E-state index is -1.06. The van der Waals surface area contributed by atoms with Crippen molar-refractivity contribution < 1.29 is 14.8 Å². The number of hydrogen-bond donors (Lipinski definition) is 2. The van der Waals surface area contributed by atoms with Crippen molar-refractivity contribution in [2.24, 2.45) is 5.73 Å². The topological polar surface area (TPSA) is 106 Å². The van der Waals surface area contributed by atoms with E-state index in [0.717, 1.165) is 0 Å². The zero-order valence-electron chi connectivity index (χ0n) is 10.1. The number of aliphatic carboxylic acids is 1. The highest BCUT2D eigenvalue weighted by atomic mass is 16.6. The van der Waals surface area contributed by atoms with Crippen molar-refractivity contribution in [2.75, 3.05) is 6.54 Å². The molecule has 0 bridgehead atoms. The number of carboxylic acid groups (broad SMARTS) is 1. The number of rotatable bonds is 6. The molecule has 0 aliphatic carbocycles. The number of nitro groups is 1. The Labute approximate surface area is 105 Å². The highest BCUT2D eigenvalue weighted by molar-refractivity contribution is 5.80. The molecule has 0 fully saturated rings. The molecule has 0 heterocycles. The van der Waals surface area contributed by atoms with E-state index in [9.17, 15) is 20.0 Å². The lowest BCUT2D eigenvalue weighted by atomic mass is 9.78. The Bertz CT molecular complexity index is 444. The second kappa shape index (κ2) is 5.59. The molecule has 0 aliphatic heterocycles. The zero-order valence-corrected chi connectivity index (χ0v) is 10.1. The fraction of sp³-hybridized carbons (Fsp3) is 0.417. The molecule has 18 heavy (non-hydrogen) atoms. The van der Waals surface area contributed by atoms with Gasteiger partial charge >= 0.3 is 5.97 Å². The quantitative estimate of drug-likeness (QED) is 0.591. The molecule has 1 aromatic carbocycles. The average molecular weight is 252 g/mol. The van der Waals surface area contributed by atoms with E-state index in [0.29, 0.717) is 24.9 Å². The molecule has 0 saturated carbocycles. The Morgan fingerprint density at radius 2 is 2.00 bits per heavy atom. The lowest BCUT2D eigenvalue weighted by Gasteiger charge is -2.25. The Kier molecular flexibility index (Phi) is 4.38. The number of hydrogen-bond acceptors (Lipinski definition) is 4. The van der Waals surface area contributed by atoms with Crippen LogP contribution >= 0.6 is 0 Å². The van der Waals surface area contributed by atoms with Gasteiger partial charge in [0.1, 0.15) is 0 Å². The molecule has 98 valence electrons. The van der Waals surface area contributed by atoms with Gasteiger partial charge in [-0.3, -0.25) is 14.9 Å². The van der Waals surface area contributed by atoms with E-state index in [1.54, 1.807) is 6.92 Å². The van der Waals surface area contributed by atoms with Crippen molar-refractivity contribution in [2.45, 2.75) is 25.2 Å². The first-order chi connectivity index (χ1) is 8.41. The maximum Gasteiger partial charge on any atom is 0.313 e. The second-order valence-corrected chi connectivity index (χ2v) is 4.33. The van der Waals surface area contributed by atoms with Gasteiger partial charge in [-0.25, -0.2) is 0 Å². The van der Waals surface area contributed by atoms with Crippen LogP contribution in [0.1, 0.15) is 25.3 Å². The number of carboxylic acids is 1. The Morgan fingerprint density at radius 3 is 2.39 bits per heavy atom. The largest absolute Gasteiger partial charge is 0.481 e. The molecular formula is C12H16N2O4. The highest BCUT2D eigenvalue weighted by Gasteiger charge is 2.34. The van der Waals surface area contributed by atoms with E-state index in [1.807, 2.05) is 0 Å². The summed E-state index contributed by atoms with van der Waals surface area (Å²) in [6, 6.07) is 5.61. The van der Waals surface area contributed by atoms with Gasteiger partial charge in [0, 0.05) is 12.1 Å². The van der Waals surface area contributed by atoms with Gasteiger partial charge in [0.2, 0.25) is 0 Å². The molecule has 6 nitrogen and oxygen atoms in total. The monoisotopic (exact) mass is 252 g/mol. The van der Waals surface area contributed by atoms with Crippen LogP contribution in [-0.2, 0) is 10.2 Å². The van der Waals surface area contributed by atoms with Crippen molar-refractivity contribution >= 4 is 11.7 Å². The van der Waals surface area contributed by atoms with E-state index < -0.39 is 16.3 Å². The summed E-state index contributed by atoms with van der Waals surface area (Å²) >= 11 is 0. The van der Waals surface area contributed by atoms with E-state index in [2.05, 4.69) is 0 Å². The molecule has 1 atom stereocenters. The molecule has 0 saturated heterocycles. The summed E-state index contributed by atoms with van der Waals surface area (Å²) in [5, 5.41) is 19.9. The van der Waals surface area contributed by atoms with Crippen LogP contribution in [0.25, 0.3) is 0 Å². The third-order valence-electron chi connectivity index (χ3n) is 3.07. The SMILES string of the molecule is CC(CCCN)(C(=O)O)c1ccc([N+](=O)[O-])cc1. The lowest BCUT2D eigenvalue weighted by Crippen LogP contribution is -2.33. The Hall–Kier alpha value is -1.95. The number of carbonyl (C=O) groups is 1. The van der Waals surface area contributed by atoms with Crippen LogP contribution in [0.4, 0.5) is 5.69 Å². The third-order valence-corrected chi connectivity index (χ3v) is 3.07. The first kappa shape index (κ1) is 14.1. The minimum absolute atomic E-state index is 0.0506. The summed E-state index contributed by atoms with van der Waals surface area (Å²) in [5.74, 6) is -0.954. The minimum Gasteiger partial charge on any atom is -0.481 e. The maximum atomic E-state index is 11.4. The number of non-ortho nitro benzene ring substituents is 1. The van der Waals surface area contributed by atoms with E-state index in [-0.39, 0.29) is 5.69 Å². The molecule has 0 radical (unpaired) electrons. The Morgan fingerprint density at radius 1 is 1.44 bits per heavy atom. The second-order valence-electron chi connectivity index (χ2n) is 4.33. The molecule has 3 N–H and O–H groups in total. The standard InChI is InChI=1S/C12H16N2O4/c1-12(11(15)16,7-2-8-13)9-3-5-10(6-4-9)14(17)18/h3-6H,2,7-8,13H2,1H3,(H,15,16). The average Bonchev–Trinajstić information content (AvgIpc) is 2.35. The van der Waals surface area contributed by atoms with Crippen LogP contribution < -0.4 is 5.73 Å². The predicted molar refractivity (Wildman–Crippen MR) is 66.4 cm³/mol. The van der Waals surface area contributed by atoms with Crippen LogP contribution in [0.15, 0.2) is 24.3 Å². The summed E-state index contributed by atoms with van der Waals surface area (Å²) in [6.07, 6.45) is 0.983. The fourth-order valence-corrected chi connectivity index (χ4v) is 1.78. The first-order valence-corrected chi connectivity index (χ1v) is 5.60. The summed E-state index contributed by atoms with van der Waals surface area (Å²) in [6.45, 7) is 2.02. The van der Waals surface area contributed by atoms with Gasteiger partial charge in [-0.1, -0.05) is 12.1 Å². The predicted octanol–water partition coefficient (Wildman–Crippen LogP) is 1.68. The Balaban J connectivity index is 3.06. The van der Waals surface area contributed by atoms with Crippen LogP contribution in [0.2, 0.25) is 0 Å². The molecule has 6 heteroatoms. The number of nitrogens with two attached hydrogens (primary N) is 1. The van der Waals surface area contributed by atoms with Crippen LogP contribution in [0.5, 0.6) is 0 Å². The van der Waals surface area contributed by atoms with Crippen LogP contribution in [0.3, 0.4) is 0 Å². The van der Waals surface area contributed by atoms with Gasteiger partial charge in [0.15, 0.2) is 0 Å². The fourth-order valence-electron chi connectivity index (χ4n) is 1.78. The highest BCUT2D eigenvalue weighted by Crippen LogP contribution is 2.30. The number of nitro benzene ring substituents is 1. The molecule has 0 aliphatic rings. The maximum absolute atomic E-state index is 11.4. The number of nitrogens with zero attached hydrogens (tertiary/aromatic N) is 1. The molecule has 1 aromatic rings. The van der Waals surface area contributed by atoms with E-state index in [1.165, 1.54) is 24.3 Å². The normalized spacial score (nSPS) is 13.9. The van der Waals surface area contributed by atoms with Crippen molar-refractivity contribution in [3.63, 3.8) is 0 Å². The summed E-state index contributed by atoms with van der Waals surface area (Å²) in [5.41, 5.74) is 4.83. The molecule has 1 unspecified atom stereocenters. The molecule has 1 rings (SSSR count). The zero-order chi connectivity index (χ0) is 13.8. The summed E-state index contributed by atoms with van der Waals surface area (Å²) < 4.78 is 0. The summed E-state index contributed by atoms with van der Waals surface area (Å²) in [4.78, 5) is 21.4. The number of benzene rings is 1. The van der Waals surface area contributed by atoms with Crippen molar-refractivity contribution in [3.05, 3.63) is 39.9 Å². The lowest BCUT2D eigenvalue weighted by molar-refractivity contribution is -0.384. The molecule has 0 spiro atoms. The van der Waals surface area contributed by atoms with Gasteiger partial charge < -0.3 is 10.8 Å². The van der Waals surface area contributed by atoms with Gasteiger partial charge in [-0.2, -0.15) is 0 Å².